The van der Waals surface area contributed by atoms with E-state index in [0.29, 0.717) is 0 Å². The van der Waals surface area contributed by atoms with Crippen LogP contribution in [0.4, 0.5) is 0 Å². The summed E-state index contributed by atoms with van der Waals surface area (Å²) >= 11 is 1.25. The monoisotopic (exact) mass is 95.1 g/mol. The van der Waals surface area contributed by atoms with Crippen LogP contribution in [0.2, 0.25) is 0 Å². The topological polar surface area (TPSA) is 78.1 Å². The molecule has 0 bridgehead atoms. The lowest BCUT2D eigenvalue weighted by molar-refractivity contribution is 1.26. The van der Waals surface area contributed by atoms with Crippen molar-refractivity contribution in [3.05, 3.63) is 0 Å². The van der Waals surface area contributed by atoms with Crippen LogP contribution in [-0.2, 0) is 0 Å². The van der Waals surface area contributed by atoms with Gasteiger partial charge in [-0.25, -0.2) is 0 Å². The molecule has 0 amide bonds. The maximum absolute atomic E-state index is 4.76. The molecular weight excluding hydrogens is 86.1 g/mol. The molecule has 0 aliphatic rings. The lowest BCUT2D eigenvalue weighted by Gasteiger charge is -1.54. The van der Waals surface area contributed by atoms with Gasteiger partial charge in [0.15, 0.2) is 0 Å². The molecule has 0 radical (unpaired) electrons. The van der Waals surface area contributed by atoms with E-state index in [9.17, 15) is 0 Å². The zero-order chi connectivity index (χ0) is 4.71. The van der Waals surface area contributed by atoms with Gasteiger partial charge in [-0.2, -0.15) is 0 Å². The second-order valence-electron chi connectivity index (χ2n) is 0.236. The maximum atomic E-state index is 4.76. The Bertz CT molecular complexity index is 6.85. The Kier molecular flexibility index (Phi) is 52.3. The molecule has 0 aliphatic heterocycles. The number of hydrogen-bond donors (Lipinski definition) is 3. The van der Waals surface area contributed by atoms with Crippen molar-refractivity contribution in [1.82, 2.24) is 0 Å². The molecular formula is CH9N3S. The molecule has 5 heavy (non-hydrogen) atoms. The summed E-state index contributed by atoms with van der Waals surface area (Å²) in [4.78, 5) is 0. The van der Waals surface area contributed by atoms with Crippen molar-refractivity contribution in [3.63, 3.8) is 0 Å². The zero-order valence-corrected chi connectivity index (χ0v) is 3.96. The molecule has 0 atom stereocenters. The molecule has 0 aliphatic carbocycles. The van der Waals surface area contributed by atoms with E-state index in [1.165, 1.54) is 11.9 Å². The van der Waals surface area contributed by atoms with Crippen LogP contribution in [0.1, 0.15) is 0 Å². The van der Waals surface area contributed by atoms with Crippen LogP contribution < -0.4 is 16.8 Å². The van der Waals surface area contributed by atoms with Gasteiger partial charge in [0.25, 0.3) is 0 Å². The lowest BCUT2D eigenvalue weighted by atomic mass is 12.0. The largest absolute Gasteiger partial charge is 0.278 e. The average molecular weight is 95.2 g/mol. The first-order chi connectivity index (χ1) is 2.41. The van der Waals surface area contributed by atoms with E-state index in [2.05, 4.69) is 11.7 Å². The Morgan fingerprint density at radius 1 is 1.40 bits per heavy atom. The highest BCUT2D eigenvalue weighted by molar-refractivity contribution is 7.96. The minimum absolute atomic E-state index is 1.25. The standard InChI is InChI=1S/CH5NS.H4N2/c1-3-2;1-2/h2H2,1H3;1-2H2. The number of nitrogens with two attached hydrogens (primary N) is 3. The fourth-order valence-corrected chi connectivity index (χ4v) is 0. The molecule has 0 rings (SSSR count). The van der Waals surface area contributed by atoms with E-state index in [1.54, 1.807) is 0 Å². The molecule has 0 saturated carbocycles. The summed E-state index contributed by atoms with van der Waals surface area (Å²) in [6, 6.07) is 0. The van der Waals surface area contributed by atoms with E-state index in [0.717, 1.165) is 0 Å². The quantitative estimate of drug-likeness (QED) is 0.206. The molecule has 0 unspecified atom stereocenters. The number of rotatable bonds is 0. The minimum Gasteiger partial charge on any atom is -0.278 e. The highest BCUT2D eigenvalue weighted by Gasteiger charge is 1.31. The van der Waals surface area contributed by atoms with Gasteiger partial charge >= 0.3 is 0 Å². The minimum atomic E-state index is 1.25. The molecule has 0 aromatic heterocycles. The fraction of sp³-hybridized carbons (Fsp3) is 1.00. The van der Waals surface area contributed by atoms with Crippen LogP contribution in [0, 0.1) is 0 Å². The second kappa shape index (κ2) is 29.2. The summed E-state index contributed by atoms with van der Waals surface area (Å²) < 4.78 is 0. The predicted molar refractivity (Wildman–Crippen MR) is 26.1 cm³/mol. The van der Waals surface area contributed by atoms with Crippen molar-refractivity contribution in [2.45, 2.75) is 0 Å². The molecule has 6 N–H and O–H groups in total. The third-order valence-corrected chi connectivity index (χ3v) is 0. The smallest absolute Gasteiger partial charge is 0.00394 e. The first-order valence-electron chi connectivity index (χ1n) is 0.977. The molecule has 0 heterocycles. The van der Waals surface area contributed by atoms with Crippen molar-refractivity contribution in [1.29, 1.82) is 0 Å². The third kappa shape index (κ3) is 398. The highest BCUT2D eigenvalue weighted by atomic mass is 32.2. The Labute approximate surface area is 36.0 Å². The molecule has 0 saturated heterocycles. The summed E-state index contributed by atoms with van der Waals surface area (Å²) in [5.74, 6) is 8.00. The van der Waals surface area contributed by atoms with E-state index in [4.69, 9.17) is 5.14 Å². The predicted octanol–water partition coefficient (Wildman–Crippen LogP) is -0.958. The summed E-state index contributed by atoms with van der Waals surface area (Å²) in [6.45, 7) is 0. The van der Waals surface area contributed by atoms with Crippen LogP contribution in [0.3, 0.4) is 0 Å². The summed E-state index contributed by atoms with van der Waals surface area (Å²) in [7, 11) is 0. The van der Waals surface area contributed by atoms with Crippen molar-refractivity contribution >= 4 is 11.9 Å². The van der Waals surface area contributed by atoms with E-state index < -0.39 is 0 Å². The number of hydrazine groups is 1. The first kappa shape index (κ1) is 8.97. The molecule has 4 heteroatoms. The Morgan fingerprint density at radius 2 is 1.40 bits per heavy atom. The van der Waals surface area contributed by atoms with Gasteiger partial charge in [0.1, 0.15) is 0 Å². The summed E-state index contributed by atoms with van der Waals surface area (Å²) in [6.07, 6.45) is 1.82. The van der Waals surface area contributed by atoms with Crippen molar-refractivity contribution in [2.75, 3.05) is 6.26 Å². The average Bonchev–Trinajstić information content (AvgIpc) is 1.46. The maximum Gasteiger partial charge on any atom is -0.00394 e. The lowest BCUT2D eigenvalue weighted by Crippen LogP contribution is -2.02. The SMILES string of the molecule is CSN.NN. The molecule has 0 aromatic rings. The summed E-state index contributed by atoms with van der Waals surface area (Å²) in [5.41, 5.74) is 0. The summed E-state index contributed by atoms with van der Waals surface area (Å²) in [5, 5.41) is 4.76. The van der Waals surface area contributed by atoms with Crippen molar-refractivity contribution < 1.29 is 0 Å². The van der Waals surface area contributed by atoms with E-state index >= 15 is 0 Å². The molecule has 0 spiro atoms. The van der Waals surface area contributed by atoms with E-state index in [1.807, 2.05) is 6.26 Å². The zero-order valence-electron chi connectivity index (χ0n) is 3.14. The van der Waals surface area contributed by atoms with Crippen molar-refractivity contribution in [2.24, 2.45) is 16.8 Å². The second-order valence-corrected chi connectivity index (χ2v) is 0.707. The normalized spacial score (nSPS) is 4.80. The Morgan fingerprint density at radius 3 is 1.40 bits per heavy atom. The van der Waals surface area contributed by atoms with Gasteiger partial charge in [0.2, 0.25) is 0 Å². The van der Waals surface area contributed by atoms with Crippen LogP contribution in [-0.4, -0.2) is 6.26 Å². The molecule has 34 valence electrons. The van der Waals surface area contributed by atoms with E-state index in [-0.39, 0.29) is 0 Å². The van der Waals surface area contributed by atoms with Gasteiger partial charge in [0, 0.05) is 0 Å². The first-order valence-corrected chi connectivity index (χ1v) is 2.27. The number of hydrogen-bond acceptors (Lipinski definition) is 4. The molecule has 0 fully saturated rings. The van der Waals surface area contributed by atoms with Crippen molar-refractivity contribution in [3.8, 4) is 0 Å². The molecule has 0 aromatic carbocycles. The Balaban J connectivity index is 0. The van der Waals surface area contributed by atoms with Crippen LogP contribution in [0.15, 0.2) is 0 Å². The highest BCUT2D eigenvalue weighted by Crippen LogP contribution is 1.59. The van der Waals surface area contributed by atoms with Gasteiger partial charge in [-0.15, -0.1) is 0 Å². The van der Waals surface area contributed by atoms with Gasteiger partial charge in [-0.1, -0.05) is 11.9 Å². The Hall–Kier alpha value is 0.230. The van der Waals surface area contributed by atoms with Crippen LogP contribution in [0.5, 0.6) is 0 Å². The molecule has 3 nitrogen and oxygen atoms in total. The van der Waals surface area contributed by atoms with Crippen LogP contribution in [0.25, 0.3) is 0 Å². The van der Waals surface area contributed by atoms with Crippen LogP contribution >= 0.6 is 11.9 Å². The fourth-order valence-electron chi connectivity index (χ4n) is 0. The van der Waals surface area contributed by atoms with Gasteiger partial charge in [0.05, 0.1) is 0 Å². The third-order valence-electron chi connectivity index (χ3n) is 0. The van der Waals surface area contributed by atoms with Gasteiger partial charge in [-0.05, 0) is 6.26 Å². The van der Waals surface area contributed by atoms with Gasteiger partial charge in [-0.3, -0.25) is 16.8 Å². The van der Waals surface area contributed by atoms with Gasteiger partial charge < -0.3 is 0 Å².